The largest absolute Gasteiger partial charge is 0.493 e. The van der Waals surface area contributed by atoms with Crippen LogP contribution in [0.5, 0.6) is 17.2 Å². The zero-order valence-electron chi connectivity index (χ0n) is 18.3. The smallest absolute Gasteiger partial charge is 0.203 e. The number of methoxy groups -OCH3 is 3. The number of aliphatic imine (C=N–C) groups is 1. The van der Waals surface area contributed by atoms with Crippen LogP contribution in [0.25, 0.3) is 0 Å². The first-order valence-corrected chi connectivity index (χ1v) is 10.6. The molecule has 1 aromatic rings. The van der Waals surface area contributed by atoms with Crippen molar-refractivity contribution in [2.24, 2.45) is 10.4 Å². The molecular weight excluding hydrogens is 370 g/mol. The van der Waals surface area contributed by atoms with Gasteiger partial charge in [-0.25, -0.2) is 0 Å². The summed E-state index contributed by atoms with van der Waals surface area (Å²) in [5.41, 5.74) is 1.07. The summed E-state index contributed by atoms with van der Waals surface area (Å²) in [6, 6.07) is 4.16. The summed E-state index contributed by atoms with van der Waals surface area (Å²) in [6.45, 7) is 5.58. The third-order valence-corrected chi connectivity index (χ3v) is 6.24. The maximum Gasteiger partial charge on any atom is 0.203 e. The van der Waals surface area contributed by atoms with Gasteiger partial charge < -0.3 is 29.6 Å². The summed E-state index contributed by atoms with van der Waals surface area (Å²) in [5.74, 6) is 2.56. The highest BCUT2D eigenvalue weighted by atomic mass is 16.5. The van der Waals surface area contributed by atoms with Gasteiger partial charge >= 0.3 is 0 Å². The molecule has 1 aromatic carbocycles. The predicted molar refractivity (Wildman–Crippen MR) is 116 cm³/mol. The van der Waals surface area contributed by atoms with Crippen molar-refractivity contribution in [3.8, 4) is 17.2 Å². The van der Waals surface area contributed by atoms with E-state index in [0.717, 1.165) is 24.7 Å². The van der Waals surface area contributed by atoms with Crippen molar-refractivity contribution >= 4 is 11.6 Å². The van der Waals surface area contributed by atoms with E-state index in [2.05, 4.69) is 22.5 Å². The van der Waals surface area contributed by atoms with Crippen LogP contribution >= 0.6 is 0 Å². The number of benzene rings is 1. The maximum absolute atomic E-state index is 6.04. The van der Waals surface area contributed by atoms with Crippen molar-refractivity contribution in [3.63, 3.8) is 0 Å². The van der Waals surface area contributed by atoms with Crippen LogP contribution < -0.4 is 24.8 Å². The normalized spacial score (nSPS) is 22.9. The molecule has 2 saturated carbocycles. The monoisotopic (exact) mass is 405 g/mol. The molecular formula is C22H35N3O4. The molecule has 1 spiro atoms. The van der Waals surface area contributed by atoms with Gasteiger partial charge in [0.25, 0.3) is 0 Å². The highest BCUT2D eigenvalue weighted by Crippen LogP contribution is 2.54. The second-order valence-corrected chi connectivity index (χ2v) is 7.68. The van der Waals surface area contributed by atoms with Gasteiger partial charge in [0, 0.05) is 42.4 Å². The van der Waals surface area contributed by atoms with E-state index in [1.807, 2.05) is 19.1 Å². The van der Waals surface area contributed by atoms with Crippen molar-refractivity contribution in [1.82, 2.24) is 5.32 Å². The molecule has 0 heterocycles. The lowest BCUT2D eigenvalue weighted by atomic mass is 9.60. The molecule has 0 aromatic heterocycles. The Hall–Kier alpha value is -2.15. The fraction of sp³-hybridized carbons (Fsp3) is 0.682. The lowest BCUT2D eigenvalue weighted by molar-refractivity contribution is -0.125. The fourth-order valence-electron chi connectivity index (χ4n) is 4.82. The Morgan fingerprint density at radius 2 is 1.72 bits per heavy atom. The standard InChI is InChI=1S/C22H35N3O4/c1-6-23-21(24-15-12-16(26-3)20(28-5)17(13-15)27-4)25-18-14-19(29-7-2)22(18)10-8-9-11-22/h12-13,18-19H,6-11,14H2,1-5H3,(H2,23,24,25). The number of ether oxygens (including phenoxy) is 4. The van der Waals surface area contributed by atoms with Crippen LogP contribution in [0.2, 0.25) is 0 Å². The molecule has 0 bridgehead atoms. The van der Waals surface area contributed by atoms with E-state index < -0.39 is 0 Å². The zero-order valence-corrected chi connectivity index (χ0v) is 18.3. The minimum atomic E-state index is 0.238. The number of guanidine groups is 1. The average molecular weight is 406 g/mol. The lowest BCUT2D eigenvalue weighted by Gasteiger charge is -2.54. The van der Waals surface area contributed by atoms with E-state index in [-0.39, 0.29) is 5.41 Å². The van der Waals surface area contributed by atoms with Crippen LogP contribution in [-0.2, 0) is 4.74 Å². The molecule has 2 aliphatic rings. The molecule has 0 radical (unpaired) electrons. The van der Waals surface area contributed by atoms with Crippen molar-refractivity contribution in [1.29, 1.82) is 0 Å². The van der Waals surface area contributed by atoms with E-state index in [0.29, 0.717) is 35.9 Å². The molecule has 0 aliphatic heterocycles. The Morgan fingerprint density at radius 3 is 2.24 bits per heavy atom. The second kappa shape index (κ2) is 9.57. The molecule has 162 valence electrons. The Bertz CT molecular complexity index is 691. The topological polar surface area (TPSA) is 73.3 Å². The number of hydrogen-bond donors (Lipinski definition) is 2. The van der Waals surface area contributed by atoms with Crippen molar-refractivity contribution in [3.05, 3.63) is 12.1 Å². The molecule has 2 aliphatic carbocycles. The summed E-state index contributed by atoms with van der Waals surface area (Å²) in [5, 5.41) is 7.09. The third kappa shape index (κ3) is 4.25. The number of rotatable bonds is 8. The SMILES string of the molecule is CCN=C(Nc1cc(OC)c(OC)c(OC)c1)NC1CC(OCC)C12CCCC2. The first kappa shape index (κ1) is 21.6. The van der Waals surface area contributed by atoms with Crippen molar-refractivity contribution in [2.75, 3.05) is 39.8 Å². The average Bonchev–Trinajstić information content (AvgIpc) is 3.25. The second-order valence-electron chi connectivity index (χ2n) is 7.68. The molecule has 2 N–H and O–H groups in total. The molecule has 29 heavy (non-hydrogen) atoms. The van der Waals surface area contributed by atoms with Gasteiger partial charge in [0.1, 0.15) is 0 Å². The number of hydrogen-bond acceptors (Lipinski definition) is 5. The van der Waals surface area contributed by atoms with E-state index in [1.54, 1.807) is 21.3 Å². The van der Waals surface area contributed by atoms with Crippen LogP contribution in [0.15, 0.2) is 17.1 Å². The van der Waals surface area contributed by atoms with Gasteiger partial charge in [-0.2, -0.15) is 0 Å². The quantitative estimate of drug-likeness (QED) is 0.506. The first-order valence-electron chi connectivity index (χ1n) is 10.6. The number of anilines is 1. The van der Waals surface area contributed by atoms with Crippen LogP contribution in [0, 0.1) is 5.41 Å². The lowest BCUT2D eigenvalue weighted by Crippen LogP contribution is -2.64. The van der Waals surface area contributed by atoms with Gasteiger partial charge in [-0.1, -0.05) is 12.8 Å². The summed E-state index contributed by atoms with van der Waals surface area (Å²) >= 11 is 0. The minimum absolute atomic E-state index is 0.238. The third-order valence-electron chi connectivity index (χ3n) is 6.24. The number of nitrogens with zero attached hydrogens (tertiary/aromatic N) is 1. The highest BCUT2D eigenvalue weighted by molar-refractivity contribution is 5.94. The highest BCUT2D eigenvalue weighted by Gasteiger charge is 2.57. The van der Waals surface area contributed by atoms with E-state index in [4.69, 9.17) is 18.9 Å². The summed E-state index contributed by atoms with van der Waals surface area (Å²) in [4.78, 5) is 4.66. The summed E-state index contributed by atoms with van der Waals surface area (Å²) < 4.78 is 22.4. The van der Waals surface area contributed by atoms with Gasteiger partial charge in [-0.15, -0.1) is 0 Å². The van der Waals surface area contributed by atoms with Gasteiger partial charge in [0.05, 0.1) is 27.4 Å². The molecule has 7 heteroatoms. The number of nitrogens with one attached hydrogen (secondary N) is 2. The van der Waals surface area contributed by atoms with Gasteiger partial charge in [0.15, 0.2) is 17.5 Å². The van der Waals surface area contributed by atoms with Gasteiger partial charge in [-0.3, -0.25) is 4.99 Å². The molecule has 7 nitrogen and oxygen atoms in total. The maximum atomic E-state index is 6.04. The fourth-order valence-corrected chi connectivity index (χ4v) is 4.82. The first-order chi connectivity index (χ1) is 14.1. The van der Waals surface area contributed by atoms with E-state index >= 15 is 0 Å². The van der Waals surface area contributed by atoms with Gasteiger partial charge in [0.2, 0.25) is 5.75 Å². The summed E-state index contributed by atoms with van der Waals surface area (Å²) in [6.07, 6.45) is 6.38. The Labute approximate surface area is 174 Å². The zero-order chi connectivity index (χ0) is 20.9. The van der Waals surface area contributed by atoms with E-state index in [1.165, 1.54) is 25.7 Å². The Morgan fingerprint density at radius 1 is 1.07 bits per heavy atom. The molecule has 2 atom stereocenters. The van der Waals surface area contributed by atoms with Crippen LogP contribution in [0.4, 0.5) is 5.69 Å². The Balaban J connectivity index is 1.77. The van der Waals surface area contributed by atoms with Crippen molar-refractivity contribution < 1.29 is 18.9 Å². The molecule has 3 rings (SSSR count). The van der Waals surface area contributed by atoms with Crippen LogP contribution in [0.3, 0.4) is 0 Å². The Kier molecular flexibility index (Phi) is 7.11. The molecule has 0 amide bonds. The molecule has 2 fully saturated rings. The predicted octanol–water partition coefficient (Wildman–Crippen LogP) is 3.83. The van der Waals surface area contributed by atoms with Crippen LogP contribution in [0.1, 0.15) is 46.0 Å². The van der Waals surface area contributed by atoms with E-state index in [9.17, 15) is 0 Å². The summed E-state index contributed by atoms with van der Waals surface area (Å²) in [7, 11) is 4.84. The van der Waals surface area contributed by atoms with Crippen LogP contribution in [-0.4, -0.2) is 52.6 Å². The van der Waals surface area contributed by atoms with Gasteiger partial charge in [-0.05, 0) is 33.1 Å². The molecule has 2 unspecified atom stereocenters. The van der Waals surface area contributed by atoms with Crippen molar-refractivity contribution in [2.45, 2.75) is 58.1 Å². The minimum Gasteiger partial charge on any atom is -0.493 e. The molecule has 0 saturated heterocycles.